The smallest absolute Gasteiger partial charge is 0.338 e. The zero-order valence-electron chi connectivity index (χ0n) is 20.5. The fourth-order valence-electron chi connectivity index (χ4n) is 4.07. The molecule has 1 amide bonds. The van der Waals surface area contributed by atoms with Crippen LogP contribution in [0.3, 0.4) is 0 Å². The van der Waals surface area contributed by atoms with Gasteiger partial charge in [-0.15, -0.1) is 11.3 Å². The highest BCUT2D eigenvalue weighted by Gasteiger charge is 2.47. The minimum Gasteiger partial charge on any atom is -0.507 e. The Morgan fingerprint density at radius 1 is 1.11 bits per heavy atom. The van der Waals surface area contributed by atoms with Crippen molar-refractivity contribution in [3.63, 3.8) is 0 Å². The molecule has 0 bridgehead atoms. The Morgan fingerprint density at radius 3 is 2.42 bits per heavy atom. The summed E-state index contributed by atoms with van der Waals surface area (Å²) < 4.78 is 10.5. The van der Waals surface area contributed by atoms with E-state index in [-0.39, 0.29) is 17.3 Å². The first-order chi connectivity index (χ1) is 17.2. The number of rotatable bonds is 7. The number of carbonyl (C=O) groups excluding carboxylic acids is 3. The van der Waals surface area contributed by atoms with Crippen molar-refractivity contribution >= 4 is 40.4 Å². The molecular weight excluding hydrogens is 478 g/mol. The van der Waals surface area contributed by atoms with Gasteiger partial charge in [-0.1, -0.05) is 19.9 Å². The van der Waals surface area contributed by atoms with Crippen molar-refractivity contribution in [2.45, 2.75) is 26.8 Å². The zero-order chi connectivity index (χ0) is 26.0. The van der Waals surface area contributed by atoms with Crippen molar-refractivity contribution in [2.75, 3.05) is 18.6 Å². The molecule has 1 aromatic heterocycles. The van der Waals surface area contributed by atoms with Gasteiger partial charge in [0.05, 0.1) is 24.9 Å². The Kier molecular flexibility index (Phi) is 7.26. The molecule has 1 fully saturated rings. The molecule has 1 atom stereocenters. The van der Waals surface area contributed by atoms with E-state index in [1.807, 2.05) is 31.4 Å². The van der Waals surface area contributed by atoms with Crippen molar-refractivity contribution in [1.29, 1.82) is 0 Å². The number of anilines is 1. The highest BCUT2D eigenvalue weighted by molar-refractivity contribution is 7.10. The molecule has 0 spiro atoms. The average molecular weight is 506 g/mol. The predicted octanol–water partition coefficient (Wildman–Crippen LogP) is 5.50. The predicted molar refractivity (Wildman–Crippen MR) is 138 cm³/mol. The number of hydrogen-bond acceptors (Lipinski definition) is 7. The maximum atomic E-state index is 13.3. The highest BCUT2D eigenvalue weighted by atomic mass is 32.1. The lowest BCUT2D eigenvalue weighted by molar-refractivity contribution is -0.132. The molecule has 2 heterocycles. The summed E-state index contributed by atoms with van der Waals surface area (Å²) in [4.78, 5) is 40.9. The quantitative estimate of drug-likeness (QED) is 0.197. The molecule has 1 unspecified atom stereocenters. The Bertz CT molecular complexity index is 1320. The molecule has 3 aromatic rings. The third kappa shape index (κ3) is 4.77. The monoisotopic (exact) mass is 505 g/mol. The number of aliphatic hydroxyl groups is 1. The van der Waals surface area contributed by atoms with Crippen molar-refractivity contribution in [2.24, 2.45) is 5.92 Å². The summed E-state index contributed by atoms with van der Waals surface area (Å²) in [7, 11) is 1.55. The molecule has 1 saturated heterocycles. The van der Waals surface area contributed by atoms with Crippen LogP contribution >= 0.6 is 11.3 Å². The first-order valence-corrected chi connectivity index (χ1v) is 12.4. The van der Waals surface area contributed by atoms with Crippen LogP contribution in [0, 0.1) is 12.8 Å². The minimum atomic E-state index is -0.815. The lowest BCUT2D eigenvalue weighted by atomic mass is 9.97. The van der Waals surface area contributed by atoms with E-state index in [1.165, 1.54) is 16.2 Å². The first-order valence-electron chi connectivity index (χ1n) is 11.5. The van der Waals surface area contributed by atoms with Crippen LogP contribution in [0.4, 0.5) is 5.69 Å². The van der Waals surface area contributed by atoms with E-state index in [4.69, 9.17) is 9.47 Å². The summed E-state index contributed by atoms with van der Waals surface area (Å²) in [5, 5.41) is 13.1. The van der Waals surface area contributed by atoms with Crippen LogP contribution in [0.5, 0.6) is 5.75 Å². The Hall–Kier alpha value is -3.91. The summed E-state index contributed by atoms with van der Waals surface area (Å²) in [6.07, 6.45) is 0. The molecule has 2 aromatic carbocycles. The van der Waals surface area contributed by atoms with E-state index >= 15 is 0 Å². The number of nitrogens with zero attached hydrogens (tertiary/aromatic N) is 1. The number of ketones is 1. The van der Waals surface area contributed by atoms with Gasteiger partial charge >= 0.3 is 5.97 Å². The van der Waals surface area contributed by atoms with Crippen LogP contribution in [0.15, 0.2) is 65.6 Å². The zero-order valence-corrected chi connectivity index (χ0v) is 21.3. The molecule has 8 heteroatoms. The third-order valence-electron chi connectivity index (χ3n) is 5.87. The van der Waals surface area contributed by atoms with E-state index in [9.17, 15) is 19.5 Å². The lowest BCUT2D eigenvalue weighted by Crippen LogP contribution is -2.29. The number of aliphatic hydroxyl groups excluding tert-OH is 1. The van der Waals surface area contributed by atoms with Crippen LogP contribution in [0.1, 0.15) is 46.3 Å². The number of aryl methyl sites for hydroxylation is 1. The maximum absolute atomic E-state index is 13.3. The minimum absolute atomic E-state index is 0.0103. The van der Waals surface area contributed by atoms with Crippen molar-refractivity contribution < 1.29 is 29.0 Å². The van der Waals surface area contributed by atoms with Gasteiger partial charge in [0.1, 0.15) is 17.6 Å². The number of thiophene rings is 1. The second-order valence-electron chi connectivity index (χ2n) is 8.90. The third-order valence-corrected chi connectivity index (χ3v) is 6.80. The lowest BCUT2D eigenvalue weighted by Gasteiger charge is -2.24. The van der Waals surface area contributed by atoms with Crippen molar-refractivity contribution in [1.82, 2.24) is 0 Å². The summed E-state index contributed by atoms with van der Waals surface area (Å²) in [5.41, 5.74) is 1.93. The summed E-state index contributed by atoms with van der Waals surface area (Å²) >= 11 is 1.38. The van der Waals surface area contributed by atoms with Crippen molar-refractivity contribution in [3.8, 4) is 5.75 Å². The number of benzene rings is 2. The number of esters is 1. The molecule has 186 valence electrons. The Morgan fingerprint density at radius 2 is 1.83 bits per heavy atom. The normalized spacial score (nSPS) is 17.0. The fourth-order valence-corrected chi connectivity index (χ4v) is 4.90. The van der Waals surface area contributed by atoms with E-state index in [2.05, 4.69) is 0 Å². The summed E-state index contributed by atoms with van der Waals surface area (Å²) in [6, 6.07) is 14.3. The van der Waals surface area contributed by atoms with E-state index in [1.54, 1.807) is 56.5 Å². The van der Waals surface area contributed by atoms with Crippen LogP contribution in [0.25, 0.3) is 5.76 Å². The molecule has 1 N–H and O–H groups in total. The van der Waals surface area contributed by atoms with Gasteiger partial charge in [-0.25, -0.2) is 4.79 Å². The van der Waals surface area contributed by atoms with Crippen LogP contribution in [0.2, 0.25) is 0 Å². The number of hydrogen-bond donors (Lipinski definition) is 1. The van der Waals surface area contributed by atoms with Gasteiger partial charge in [0.15, 0.2) is 0 Å². The van der Waals surface area contributed by atoms with Gasteiger partial charge in [-0.3, -0.25) is 14.5 Å². The van der Waals surface area contributed by atoms with Gasteiger partial charge < -0.3 is 14.6 Å². The van der Waals surface area contributed by atoms with Gasteiger partial charge in [0, 0.05) is 16.1 Å². The average Bonchev–Trinajstić information content (AvgIpc) is 3.49. The number of methoxy groups -OCH3 is 1. The van der Waals surface area contributed by atoms with E-state index in [0.29, 0.717) is 34.7 Å². The first kappa shape index (κ1) is 25.2. The molecule has 36 heavy (non-hydrogen) atoms. The van der Waals surface area contributed by atoms with Gasteiger partial charge in [-0.2, -0.15) is 0 Å². The fraction of sp³-hybridized carbons (Fsp3) is 0.250. The van der Waals surface area contributed by atoms with Crippen LogP contribution in [-0.4, -0.2) is 36.5 Å². The van der Waals surface area contributed by atoms with Gasteiger partial charge in [0.2, 0.25) is 0 Å². The number of carbonyl (C=O) groups is 3. The maximum Gasteiger partial charge on any atom is 0.338 e. The molecule has 1 aliphatic heterocycles. The molecule has 4 rings (SSSR count). The van der Waals surface area contributed by atoms with E-state index < -0.39 is 23.7 Å². The summed E-state index contributed by atoms with van der Waals surface area (Å²) in [6.45, 7) is 6.00. The number of Topliss-reactive ketones (excluding diaryl/α,β-unsaturated/α-hetero) is 1. The standard InChI is InChI=1S/C28H27NO6S/c1-16(2)15-35-28(33)18-7-9-19(10-8-18)29-24(22-6-5-13-36-22)23(26(31)27(29)32)25(30)21-12-11-20(34-4)14-17(21)3/h5-14,16,24,30H,15H2,1-4H3/b25-23-. The van der Waals surface area contributed by atoms with Gasteiger partial charge in [-0.05, 0) is 72.3 Å². The van der Waals surface area contributed by atoms with E-state index in [0.717, 1.165) is 4.88 Å². The van der Waals surface area contributed by atoms with Crippen molar-refractivity contribution in [3.05, 3.63) is 87.1 Å². The molecule has 0 saturated carbocycles. The Labute approximate surface area is 213 Å². The van der Waals surface area contributed by atoms with Gasteiger partial charge in [0.25, 0.3) is 11.7 Å². The summed E-state index contributed by atoms with van der Waals surface area (Å²) in [5.74, 6) is -1.41. The largest absolute Gasteiger partial charge is 0.507 e. The Balaban J connectivity index is 1.77. The van der Waals surface area contributed by atoms with Crippen LogP contribution in [-0.2, 0) is 14.3 Å². The second-order valence-corrected chi connectivity index (χ2v) is 9.88. The molecular formula is C28H27NO6S. The van der Waals surface area contributed by atoms with Crippen LogP contribution < -0.4 is 9.64 Å². The topological polar surface area (TPSA) is 93.1 Å². The number of ether oxygens (including phenoxy) is 2. The molecule has 0 radical (unpaired) electrons. The second kappa shape index (κ2) is 10.4. The molecule has 7 nitrogen and oxygen atoms in total. The molecule has 0 aliphatic carbocycles. The highest BCUT2D eigenvalue weighted by Crippen LogP contribution is 2.44. The molecule has 1 aliphatic rings. The number of amides is 1. The SMILES string of the molecule is COc1ccc(/C(O)=C2/C(=O)C(=O)N(c3ccc(C(=O)OCC(C)C)cc3)C2c2cccs2)c(C)c1.